The zero-order chi connectivity index (χ0) is 13.0. The molecule has 96 valence electrons. The van der Waals surface area contributed by atoms with Gasteiger partial charge in [0.25, 0.3) is 0 Å². The van der Waals surface area contributed by atoms with Crippen molar-refractivity contribution in [1.82, 2.24) is 9.78 Å². The van der Waals surface area contributed by atoms with E-state index in [1.165, 1.54) is 11.4 Å². The monoisotopic (exact) mass is 244 g/mol. The average molecular weight is 244 g/mol. The van der Waals surface area contributed by atoms with Crippen LogP contribution in [-0.4, -0.2) is 30.4 Å². The van der Waals surface area contributed by atoms with Crippen LogP contribution in [0.2, 0.25) is 0 Å². The van der Waals surface area contributed by atoms with Crippen molar-refractivity contribution in [3.8, 4) is 0 Å². The summed E-state index contributed by atoms with van der Waals surface area (Å²) in [5, 5.41) is 7.60. The number of nitrogens with zero attached hydrogens (tertiary/aromatic N) is 3. The highest BCUT2D eigenvalue weighted by Gasteiger charge is 1.99. The molecule has 0 amide bonds. The predicted octanol–water partition coefficient (Wildman–Crippen LogP) is 2.14. The SMILES string of the molecule is CN(C)c1cccc(NCCc2ccnn2C)c1. The molecule has 1 N–H and O–H groups in total. The summed E-state index contributed by atoms with van der Waals surface area (Å²) in [5.74, 6) is 0. The van der Waals surface area contributed by atoms with E-state index in [9.17, 15) is 0 Å². The molecule has 4 heteroatoms. The molecule has 2 aromatic rings. The molecular formula is C14H20N4. The van der Waals surface area contributed by atoms with Gasteiger partial charge in [0.1, 0.15) is 0 Å². The molecule has 2 rings (SSSR count). The molecule has 0 unspecified atom stereocenters. The Morgan fingerprint density at radius 2 is 2.11 bits per heavy atom. The van der Waals surface area contributed by atoms with E-state index in [4.69, 9.17) is 0 Å². The lowest BCUT2D eigenvalue weighted by atomic mass is 10.2. The van der Waals surface area contributed by atoms with E-state index in [2.05, 4.69) is 59.7 Å². The second kappa shape index (κ2) is 5.58. The van der Waals surface area contributed by atoms with Crippen molar-refractivity contribution >= 4 is 11.4 Å². The number of hydrogen-bond donors (Lipinski definition) is 1. The van der Waals surface area contributed by atoms with Gasteiger partial charge in [-0.05, 0) is 24.3 Å². The molecule has 0 aliphatic rings. The van der Waals surface area contributed by atoms with Gasteiger partial charge in [-0.25, -0.2) is 0 Å². The van der Waals surface area contributed by atoms with E-state index < -0.39 is 0 Å². The molecule has 0 radical (unpaired) electrons. The topological polar surface area (TPSA) is 33.1 Å². The van der Waals surface area contributed by atoms with Crippen molar-refractivity contribution in [2.45, 2.75) is 6.42 Å². The fourth-order valence-corrected chi connectivity index (χ4v) is 1.88. The summed E-state index contributed by atoms with van der Waals surface area (Å²) in [7, 11) is 6.07. The van der Waals surface area contributed by atoms with E-state index in [0.29, 0.717) is 0 Å². The standard InChI is InChI=1S/C14H20N4/c1-17(2)14-6-4-5-12(11-14)15-9-7-13-8-10-16-18(13)3/h4-6,8,10-11,15H,7,9H2,1-3H3. The third-order valence-electron chi connectivity index (χ3n) is 3.00. The van der Waals surface area contributed by atoms with Gasteiger partial charge in [0.2, 0.25) is 0 Å². The molecule has 1 aromatic carbocycles. The number of benzene rings is 1. The first-order valence-corrected chi connectivity index (χ1v) is 6.15. The maximum atomic E-state index is 4.16. The van der Waals surface area contributed by atoms with Crippen molar-refractivity contribution < 1.29 is 0 Å². The first-order chi connectivity index (χ1) is 8.66. The molecule has 0 aliphatic carbocycles. The van der Waals surface area contributed by atoms with Crippen LogP contribution in [0.4, 0.5) is 11.4 Å². The summed E-state index contributed by atoms with van der Waals surface area (Å²) in [6.45, 7) is 0.913. The van der Waals surface area contributed by atoms with Crippen molar-refractivity contribution in [2.24, 2.45) is 7.05 Å². The zero-order valence-corrected chi connectivity index (χ0v) is 11.2. The second-order valence-corrected chi connectivity index (χ2v) is 4.57. The van der Waals surface area contributed by atoms with Crippen LogP contribution in [0, 0.1) is 0 Å². The Morgan fingerprint density at radius 1 is 1.28 bits per heavy atom. The highest BCUT2D eigenvalue weighted by molar-refractivity contribution is 5.57. The van der Waals surface area contributed by atoms with Crippen LogP contribution >= 0.6 is 0 Å². The molecule has 0 spiro atoms. The van der Waals surface area contributed by atoms with Crippen LogP contribution < -0.4 is 10.2 Å². The average Bonchev–Trinajstić information content (AvgIpc) is 2.76. The van der Waals surface area contributed by atoms with Crippen LogP contribution in [0.1, 0.15) is 5.69 Å². The number of anilines is 2. The van der Waals surface area contributed by atoms with E-state index in [1.54, 1.807) is 0 Å². The maximum absolute atomic E-state index is 4.16. The molecular weight excluding hydrogens is 224 g/mol. The van der Waals surface area contributed by atoms with Crippen LogP contribution in [-0.2, 0) is 13.5 Å². The van der Waals surface area contributed by atoms with Crippen LogP contribution in [0.25, 0.3) is 0 Å². The lowest BCUT2D eigenvalue weighted by Crippen LogP contribution is -2.10. The third kappa shape index (κ3) is 3.03. The summed E-state index contributed by atoms with van der Waals surface area (Å²) in [6.07, 6.45) is 2.81. The summed E-state index contributed by atoms with van der Waals surface area (Å²) in [6, 6.07) is 10.5. The van der Waals surface area contributed by atoms with Gasteiger partial charge in [0.05, 0.1) is 0 Å². The van der Waals surface area contributed by atoms with Crippen LogP contribution in [0.3, 0.4) is 0 Å². The highest BCUT2D eigenvalue weighted by atomic mass is 15.3. The fraction of sp³-hybridized carbons (Fsp3) is 0.357. The van der Waals surface area contributed by atoms with Crippen molar-refractivity contribution in [3.63, 3.8) is 0 Å². The number of aromatic nitrogens is 2. The number of rotatable bonds is 5. The minimum absolute atomic E-state index is 0.913. The van der Waals surface area contributed by atoms with Gasteiger partial charge >= 0.3 is 0 Å². The molecule has 0 atom stereocenters. The molecule has 0 bridgehead atoms. The molecule has 0 saturated carbocycles. The van der Waals surface area contributed by atoms with Crippen LogP contribution in [0.5, 0.6) is 0 Å². The smallest absolute Gasteiger partial charge is 0.0492 e. The summed E-state index contributed by atoms with van der Waals surface area (Å²) in [5.41, 5.74) is 3.61. The first-order valence-electron chi connectivity index (χ1n) is 6.15. The third-order valence-corrected chi connectivity index (χ3v) is 3.00. The lowest BCUT2D eigenvalue weighted by Gasteiger charge is -2.14. The largest absolute Gasteiger partial charge is 0.385 e. The summed E-state index contributed by atoms with van der Waals surface area (Å²) < 4.78 is 1.91. The molecule has 0 aliphatic heterocycles. The fourth-order valence-electron chi connectivity index (χ4n) is 1.88. The highest BCUT2D eigenvalue weighted by Crippen LogP contribution is 2.17. The molecule has 1 aromatic heterocycles. The van der Waals surface area contributed by atoms with Crippen LogP contribution in [0.15, 0.2) is 36.5 Å². The Bertz CT molecular complexity index is 502. The normalized spacial score (nSPS) is 10.4. The second-order valence-electron chi connectivity index (χ2n) is 4.57. The number of aryl methyl sites for hydroxylation is 1. The van der Waals surface area contributed by atoms with Gasteiger partial charge in [-0.15, -0.1) is 0 Å². The van der Waals surface area contributed by atoms with Gasteiger partial charge in [-0.1, -0.05) is 6.07 Å². The Balaban J connectivity index is 1.90. The number of hydrogen-bond acceptors (Lipinski definition) is 3. The van der Waals surface area contributed by atoms with Gasteiger partial charge < -0.3 is 10.2 Å². The molecule has 4 nitrogen and oxygen atoms in total. The predicted molar refractivity (Wildman–Crippen MR) is 76.2 cm³/mol. The molecule has 18 heavy (non-hydrogen) atoms. The zero-order valence-electron chi connectivity index (χ0n) is 11.2. The van der Waals surface area contributed by atoms with E-state index in [-0.39, 0.29) is 0 Å². The maximum Gasteiger partial charge on any atom is 0.0492 e. The number of nitrogens with one attached hydrogen (secondary N) is 1. The van der Waals surface area contributed by atoms with Gasteiger partial charge in [-0.3, -0.25) is 4.68 Å². The van der Waals surface area contributed by atoms with Crippen molar-refractivity contribution in [3.05, 3.63) is 42.2 Å². The Kier molecular flexibility index (Phi) is 3.87. The Hall–Kier alpha value is -1.97. The minimum atomic E-state index is 0.913. The molecule has 0 fully saturated rings. The van der Waals surface area contributed by atoms with E-state index >= 15 is 0 Å². The van der Waals surface area contributed by atoms with E-state index in [0.717, 1.165) is 18.7 Å². The minimum Gasteiger partial charge on any atom is -0.385 e. The molecule has 0 saturated heterocycles. The van der Waals surface area contributed by atoms with Gasteiger partial charge in [-0.2, -0.15) is 5.10 Å². The Labute approximate surface area is 108 Å². The molecule has 1 heterocycles. The summed E-state index contributed by atoms with van der Waals surface area (Å²) in [4.78, 5) is 2.10. The quantitative estimate of drug-likeness (QED) is 0.874. The Morgan fingerprint density at radius 3 is 2.78 bits per heavy atom. The first kappa shape index (κ1) is 12.5. The van der Waals surface area contributed by atoms with Crippen molar-refractivity contribution in [1.29, 1.82) is 0 Å². The van der Waals surface area contributed by atoms with Gasteiger partial charge in [0, 0.05) is 57.4 Å². The van der Waals surface area contributed by atoms with E-state index in [1.807, 2.05) is 17.9 Å². The van der Waals surface area contributed by atoms with Gasteiger partial charge in [0.15, 0.2) is 0 Å². The lowest BCUT2D eigenvalue weighted by molar-refractivity contribution is 0.711. The van der Waals surface area contributed by atoms with Crippen molar-refractivity contribution in [2.75, 3.05) is 30.9 Å². The summed E-state index contributed by atoms with van der Waals surface area (Å²) >= 11 is 0.